The third-order valence-corrected chi connectivity index (χ3v) is 4.70. The van der Waals surface area contributed by atoms with Gasteiger partial charge in [0.1, 0.15) is 5.78 Å². The zero-order valence-corrected chi connectivity index (χ0v) is 17.3. The third-order valence-electron chi connectivity index (χ3n) is 3.80. The minimum Gasteiger partial charge on any atom is -0.399 e. The SMILES string of the molecule is CC(=O)CC(=O)Nc1ccccc1.Nc1ccc(-c2ccc(N)c(Cl)c2Cl)cc1. The van der Waals surface area contributed by atoms with E-state index < -0.39 is 0 Å². The summed E-state index contributed by atoms with van der Waals surface area (Å²) < 4.78 is 0. The van der Waals surface area contributed by atoms with E-state index in [9.17, 15) is 9.59 Å². The Labute approximate surface area is 179 Å². The van der Waals surface area contributed by atoms with Crippen molar-refractivity contribution in [2.75, 3.05) is 16.8 Å². The Balaban J connectivity index is 0.000000212. The van der Waals surface area contributed by atoms with Crippen LogP contribution in [-0.4, -0.2) is 11.7 Å². The lowest BCUT2D eigenvalue weighted by Gasteiger charge is -2.08. The fourth-order valence-corrected chi connectivity index (χ4v) is 2.85. The van der Waals surface area contributed by atoms with E-state index in [2.05, 4.69) is 5.32 Å². The molecule has 7 heteroatoms. The average Bonchev–Trinajstić information content (AvgIpc) is 2.68. The van der Waals surface area contributed by atoms with E-state index in [1.165, 1.54) is 6.92 Å². The van der Waals surface area contributed by atoms with Crippen LogP contribution >= 0.6 is 23.2 Å². The van der Waals surface area contributed by atoms with E-state index in [-0.39, 0.29) is 18.1 Å². The summed E-state index contributed by atoms with van der Waals surface area (Å²) in [7, 11) is 0. The molecule has 3 aromatic carbocycles. The summed E-state index contributed by atoms with van der Waals surface area (Å²) in [5.41, 5.74) is 15.0. The number of benzene rings is 3. The minimum absolute atomic E-state index is 0.0606. The molecule has 0 aliphatic heterocycles. The number of amides is 1. The van der Waals surface area contributed by atoms with Gasteiger partial charge in [-0.15, -0.1) is 0 Å². The number of rotatable bonds is 4. The lowest BCUT2D eigenvalue weighted by molar-refractivity contribution is -0.124. The van der Waals surface area contributed by atoms with Gasteiger partial charge >= 0.3 is 0 Å². The number of anilines is 3. The summed E-state index contributed by atoms with van der Waals surface area (Å²) in [6, 6.07) is 20.1. The first kappa shape index (κ1) is 22.3. The van der Waals surface area contributed by atoms with E-state index in [1.54, 1.807) is 18.2 Å². The fraction of sp³-hybridized carbons (Fsp3) is 0.0909. The van der Waals surface area contributed by atoms with Crippen molar-refractivity contribution in [1.82, 2.24) is 0 Å². The van der Waals surface area contributed by atoms with Crippen LogP contribution in [0.25, 0.3) is 11.1 Å². The van der Waals surface area contributed by atoms with Crippen molar-refractivity contribution in [2.24, 2.45) is 0 Å². The number of nitrogens with two attached hydrogens (primary N) is 2. The molecule has 3 aromatic rings. The highest BCUT2D eigenvalue weighted by Gasteiger charge is 2.09. The van der Waals surface area contributed by atoms with Gasteiger partial charge in [0.15, 0.2) is 0 Å². The summed E-state index contributed by atoms with van der Waals surface area (Å²) in [5, 5.41) is 3.46. The Morgan fingerprint density at radius 1 is 0.862 bits per heavy atom. The molecule has 0 atom stereocenters. The molecule has 0 aromatic heterocycles. The van der Waals surface area contributed by atoms with E-state index in [0.717, 1.165) is 11.1 Å². The van der Waals surface area contributed by atoms with E-state index in [1.807, 2.05) is 48.5 Å². The fourth-order valence-electron chi connectivity index (χ4n) is 2.40. The number of para-hydroxylation sites is 1. The van der Waals surface area contributed by atoms with Gasteiger partial charge in [-0.05, 0) is 42.8 Å². The molecule has 0 aliphatic carbocycles. The number of hydrogen-bond acceptors (Lipinski definition) is 4. The second kappa shape index (κ2) is 10.5. The molecule has 0 saturated heterocycles. The van der Waals surface area contributed by atoms with Gasteiger partial charge in [0, 0.05) is 16.9 Å². The Morgan fingerprint density at radius 2 is 1.48 bits per heavy atom. The predicted octanol–water partition coefficient (Wildman–Crippen LogP) is 5.43. The Kier molecular flexibility index (Phi) is 8.07. The van der Waals surface area contributed by atoms with Crippen molar-refractivity contribution in [3.63, 3.8) is 0 Å². The molecule has 5 nitrogen and oxygen atoms in total. The number of hydrogen-bond donors (Lipinski definition) is 3. The van der Waals surface area contributed by atoms with Crippen molar-refractivity contribution >= 4 is 52.0 Å². The number of Topliss-reactive ketones (excluding diaryl/α,β-unsaturated/α-hetero) is 1. The molecular formula is C22H21Cl2N3O2. The average molecular weight is 430 g/mol. The lowest BCUT2D eigenvalue weighted by Crippen LogP contribution is -2.14. The van der Waals surface area contributed by atoms with Crippen molar-refractivity contribution in [2.45, 2.75) is 13.3 Å². The molecule has 0 unspecified atom stereocenters. The maximum atomic E-state index is 11.1. The number of carbonyl (C=O) groups is 2. The van der Waals surface area contributed by atoms with Gasteiger partial charge < -0.3 is 16.8 Å². The summed E-state index contributed by atoms with van der Waals surface area (Å²) in [6.07, 6.45) is -0.0606. The molecule has 0 fully saturated rings. The zero-order chi connectivity index (χ0) is 21.4. The molecule has 0 heterocycles. The summed E-state index contributed by atoms with van der Waals surface area (Å²) in [5.74, 6) is -0.396. The van der Waals surface area contributed by atoms with Crippen LogP contribution in [0.3, 0.4) is 0 Å². The quantitative estimate of drug-likeness (QED) is 0.380. The number of nitrogens with one attached hydrogen (secondary N) is 1. The van der Waals surface area contributed by atoms with E-state index in [4.69, 9.17) is 34.7 Å². The molecule has 5 N–H and O–H groups in total. The molecule has 0 bridgehead atoms. The van der Waals surface area contributed by atoms with Crippen molar-refractivity contribution in [3.8, 4) is 11.1 Å². The van der Waals surface area contributed by atoms with Gasteiger partial charge in [0.25, 0.3) is 0 Å². The molecular weight excluding hydrogens is 409 g/mol. The van der Waals surface area contributed by atoms with Crippen molar-refractivity contribution in [3.05, 3.63) is 76.8 Å². The molecule has 3 rings (SSSR count). The number of ketones is 1. The second-order valence-corrected chi connectivity index (χ2v) is 7.00. The van der Waals surface area contributed by atoms with Crippen LogP contribution in [0.4, 0.5) is 17.1 Å². The van der Waals surface area contributed by atoms with Gasteiger partial charge in [-0.1, -0.05) is 59.6 Å². The van der Waals surface area contributed by atoms with Crippen LogP contribution in [0.5, 0.6) is 0 Å². The normalized spacial score (nSPS) is 9.90. The third kappa shape index (κ3) is 6.82. The summed E-state index contributed by atoms with van der Waals surface area (Å²) in [4.78, 5) is 21.7. The Bertz CT molecular complexity index is 991. The maximum absolute atomic E-state index is 11.1. The van der Waals surface area contributed by atoms with Crippen LogP contribution in [-0.2, 0) is 9.59 Å². The van der Waals surface area contributed by atoms with Crippen molar-refractivity contribution < 1.29 is 9.59 Å². The highest BCUT2D eigenvalue weighted by Crippen LogP contribution is 2.37. The Hall–Kier alpha value is -3.02. The van der Waals surface area contributed by atoms with Crippen LogP contribution in [0.15, 0.2) is 66.7 Å². The van der Waals surface area contributed by atoms with Gasteiger partial charge in [0.05, 0.1) is 22.2 Å². The molecule has 0 aliphatic rings. The van der Waals surface area contributed by atoms with E-state index >= 15 is 0 Å². The molecule has 1 amide bonds. The largest absolute Gasteiger partial charge is 0.399 e. The van der Waals surface area contributed by atoms with Gasteiger partial charge in [-0.2, -0.15) is 0 Å². The second-order valence-electron chi connectivity index (χ2n) is 6.25. The van der Waals surface area contributed by atoms with Crippen molar-refractivity contribution in [1.29, 1.82) is 0 Å². The monoisotopic (exact) mass is 429 g/mol. The zero-order valence-electron chi connectivity index (χ0n) is 15.8. The smallest absolute Gasteiger partial charge is 0.231 e. The first-order valence-electron chi connectivity index (χ1n) is 8.71. The van der Waals surface area contributed by atoms with Crippen LogP contribution < -0.4 is 16.8 Å². The predicted molar refractivity (Wildman–Crippen MR) is 121 cm³/mol. The summed E-state index contributed by atoms with van der Waals surface area (Å²) in [6.45, 7) is 1.39. The van der Waals surface area contributed by atoms with Gasteiger partial charge in [0.2, 0.25) is 5.91 Å². The van der Waals surface area contributed by atoms with Crippen LogP contribution in [0.1, 0.15) is 13.3 Å². The number of nitrogen functional groups attached to an aromatic ring is 2. The van der Waals surface area contributed by atoms with Gasteiger partial charge in [-0.25, -0.2) is 0 Å². The number of carbonyl (C=O) groups excluding carboxylic acids is 2. The molecule has 29 heavy (non-hydrogen) atoms. The van der Waals surface area contributed by atoms with Crippen LogP contribution in [0, 0.1) is 0 Å². The molecule has 0 saturated carbocycles. The highest BCUT2D eigenvalue weighted by molar-refractivity contribution is 6.45. The van der Waals surface area contributed by atoms with E-state index in [0.29, 0.717) is 27.1 Å². The molecule has 0 spiro atoms. The number of halogens is 2. The summed E-state index contributed by atoms with van der Waals surface area (Å²) >= 11 is 12.1. The minimum atomic E-state index is -0.265. The lowest BCUT2D eigenvalue weighted by atomic mass is 10.0. The first-order chi connectivity index (χ1) is 13.8. The maximum Gasteiger partial charge on any atom is 0.231 e. The van der Waals surface area contributed by atoms with Gasteiger partial charge in [-0.3, -0.25) is 9.59 Å². The van der Waals surface area contributed by atoms with Crippen LogP contribution in [0.2, 0.25) is 10.0 Å². The topological polar surface area (TPSA) is 98.2 Å². The standard InChI is InChI=1S/C12H10Cl2N2.C10H11NO2/c13-11-9(5-6-10(16)12(11)14)7-1-3-8(15)4-2-7;1-8(12)7-10(13)11-9-5-3-2-4-6-9/h1-6H,15-16H2;2-6H,7H2,1H3,(H,11,13). The molecule has 150 valence electrons. The first-order valence-corrected chi connectivity index (χ1v) is 9.47. The highest BCUT2D eigenvalue weighted by atomic mass is 35.5. The molecule has 0 radical (unpaired) electrons. The Morgan fingerprint density at radius 3 is 2.07 bits per heavy atom.